The third-order valence-electron chi connectivity index (χ3n) is 7.39. The first-order chi connectivity index (χ1) is 18.6. The molecule has 40 heavy (non-hydrogen) atoms. The number of hydrogen-bond donors (Lipinski definition) is 1. The fourth-order valence-corrected chi connectivity index (χ4v) is 5.30. The average Bonchev–Trinajstić information content (AvgIpc) is 3.67. The quantitative estimate of drug-likeness (QED) is 0.541. The number of fused-ring (bicyclic) bond motifs is 1. The monoisotopic (exact) mass is 567 g/mol. The van der Waals surface area contributed by atoms with Crippen molar-refractivity contribution in [3.8, 4) is 5.75 Å². The molecule has 0 spiro atoms. The third-order valence-corrected chi connectivity index (χ3v) is 7.39. The molecule has 2 fully saturated rings. The highest BCUT2D eigenvalue weighted by atomic mass is 19.4. The average molecular weight is 568 g/mol. The van der Waals surface area contributed by atoms with Gasteiger partial charge in [-0.15, -0.1) is 0 Å². The molecule has 1 aromatic rings. The first kappa shape index (κ1) is 29.5. The summed E-state index contributed by atoms with van der Waals surface area (Å²) in [6.45, 7) is 6.14. The van der Waals surface area contributed by atoms with Crippen molar-refractivity contribution in [1.29, 1.82) is 0 Å². The molecule has 220 valence electrons. The Kier molecular flexibility index (Phi) is 7.97. The summed E-state index contributed by atoms with van der Waals surface area (Å²) in [6.07, 6.45) is -3.87. The number of carbonyl (C=O) groups excluding carboxylic acids is 4. The van der Waals surface area contributed by atoms with E-state index >= 15 is 0 Å². The second-order valence-corrected chi connectivity index (χ2v) is 11.3. The van der Waals surface area contributed by atoms with E-state index in [1.165, 1.54) is 23.6 Å². The summed E-state index contributed by atoms with van der Waals surface area (Å²) in [7, 11) is 0. The normalized spacial score (nSPS) is 20.6. The molecule has 1 aliphatic carbocycles. The Morgan fingerprint density at radius 1 is 1.20 bits per heavy atom. The van der Waals surface area contributed by atoms with Gasteiger partial charge in [0.05, 0.1) is 16.8 Å². The van der Waals surface area contributed by atoms with Gasteiger partial charge in [-0.05, 0) is 65.5 Å². The number of carboxylic acid groups (broad SMARTS) is 1. The minimum atomic E-state index is -4.93. The van der Waals surface area contributed by atoms with Crippen molar-refractivity contribution in [2.24, 2.45) is 0 Å². The molecule has 13 heteroatoms. The van der Waals surface area contributed by atoms with Crippen LogP contribution in [-0.4, -0.2) is 77.0 Å². The van der Waals surface area contributed by atoms with Gasteiger partial charge in [0.15, 0.2) is 5.60 Å². The van der Waals surface area contributed by atoms with Gasteiger partial charge in [0, 0.05) is 44.2 Å². The maximum atomic E-state index is 14.3. The lowest BCUT2D eigenvalue weighted by Gasteiger charge is -2.43. The van der Waals surface area contributed by atoms with Gasteiger partial charge >= 0.3 is 6.18 Å². The lowest BCUT2D eigenvalue weighted by Crippen LogP contribution is -2.56. The van der Waals surface area contributed by atoms with E-state index in [9.17, 15) is 37.5 Å². The molecule has 1 atom stereocenters. The lowest BCUT2D eigenvalue weighted by atomic mass is 9.96. The number of rotatable bonds is 7. The van der Waals surface area contributed by atoms with Crippen LogP contribution in [0, 0.1) is 0 Å². The van der Waals surface area contributed by atoms with Gasteiger partial charge in [0.25, 0.3) is 11.8 Å². The van der Waals surface area contributed by atoms with Crippen LogP contribution in [0.3, 0.4) is 0 Å². The van der Waals surface area contributed by atoms with Crippen LogP contribution in [0.25, 0.3) is 0 Å². The van der Waals surface area contributed by atoms with Crippen LogP contribution in [-0.2, 0) is 15.8 Å². The molecule has 1 saturated heterocycles. The molecule has 1 N–H and O–H groups in total. The minimum Gasteiger partial charge on any atom is -0.530 e. The van der Waals surface area contributed by atoms with E-state index in [1.54, 1.807) is 13.8 Å². The molecular formula is C27H34F3N4O6-. The van der Waals surface area contributed by atoms with Crippen molar-refractivity contribution in [2.75, 3.05) is 24.5 Å². The van der Waals surface area contributed by atoms with E-state index in [1.807, 2.05) is 0 Å². The molecule has 2 heterocycles. The molecule has 0 unspecified atom stereocenters. The first-order valence-corrected chi connectivity index (χ1v) is 13.4. The maximum absolute atomic E-state index is 14.3. The summed E-state index contributed by atoms with van der Waals surface area (Å²) in [6, 6.07) is 0.595. The van der Waals surface area contributed by atoms with Crippen LogP contribution in [0.1, 0.15) is 75.7 Å². The number of ether oxygens (including phenoxy) is 1. The lowest BCUT2D eigenvalue weighted by molar-refractivity contribution is -0.267. The molecule has 1 saturated carbocycles. The van der Waals surface area contributed by atoms with Crippen molar-refractivity contribution < 1.29 is 42.2 Å². The Hall–Kier alpha value is -3.51. The minimum absolute atomic E-state index is 0.0383. The first-order valence-electron chi connectivity index (χ1n) is 13.4. The fraction of sp³-hybridized carbons (Fsp3) is 0.630. The summed E-state index contributed by atoms with van der Waals surface area (Å²) in [5.74, 6) is -2.02. The van der Waals surface area contributed by atoms with E-state index < -0.39 is 52.9 Å². The SMILES string of the molecule is CC(C)N(C(=O)c1cc2c(cc1C(F)(F)F)OC(C)(C)C(=O)N2CCC(=O)NC1CC1)[C@@H]1CCCN(C(=O)[O-])C1. The van der Waals surface area contributed by atoms with Crippen LogP contribution in [0.5, 0.6) is 5.75 Å². The molecule has 0 aromatic heterocycles. The highest BCUT2D eigenvalue weighted by Crippen LogP contribution is 2.44. The number of nitrogens with one attached hydrogen (secondary N) is 1. The molecule has 0 bridgehead atoms. The number of benzene rings is 1. The highest BCUT2D eigenvalue weighted by Gasteiger charge is 2.45. The Morgan fingerprint density at radius 3 is 2.45 bits per heavy atom. The van der Waals surface area contributed by atoms with Crippen molar-refractivity contribution in [1.82, 2.24) is 15.1 Å². The second kappa shape index (κ2) is 10.8. The second-order valence-electron chi connectivity index (χ2n) is 11.3. The van der Waals surface area contributed by atoms with Gasteiger partial charge in [-0.2, -0.15) is 13.2 Å². The predicted octanol–water partition coefficient (Wildman–Crippen LogP) is 2.54. The van der Waals surface area contributed by atoms with E-state index in [4.69, 9.17) is 4.74 Å². The zero-order valence-electron chi connectivity index (χ0n) is 23.0. The molecular weight excluding hydrogens is 533 g/mol. The van der Waals surface area contributed by atoms with E-state index in [0.717, 1.165) is 29.9 Å². The van der Waals surface area contributed by atoms with Gasteiger partial charge in [-0.1, -0.05) is 0 Å². The number of carbonyl (C=O) groups is 4. The summed E-state index contributed by atoms with van der Waals surface area (Å²) < 4.78 is 48.7. The molecule has 4 rings (SSSR count). The number of alkyl halides is 3. The summed E-state index contributed by atoms with van der Waals surface area (Å²) >= 11 is 0. The van der Waals surface area contributed by atoms with Crippen LogP contribution < -0.4 is 20.1 Å². The number of amides is 4. The van der Waals surface area contributed by atoms with Crippen molar-refractivity contribution in [3.05, 3.63) is 23.3 Å². The van der Waals surface area contributed by atoms with Crippen LogP contribution in [0.4, 0.5) is 23.7 Å². The molecule has 2 aliphatic heterocycles. The van der Waals surface area contributed by atoms with E-state index in [0.29, 0.717) is 12.8 Å². The number of hydrogen-bond acceptors (Lipinski definition) is 6. The van der Waals surface area contributed by atoms with Gasteiger partial charge in [-0.3, -0.25) is 14.4 Å². The Bertz CT molecular complexity index is 1200. The van der Waals surface area contributed by atoms with Crippen LogP contribution in [0.15, 0.2) is 12.1 Å². The van der Waals surface area contributed by atoms with Gasteiger partial charge in [0.1, 0.15) is 11.8 Å². The van der Waals surface area contributed by atoms with Gasteiger partial charge in [0.2, 0.25) is 5.91 Å². The number of piperidine rings is 1. The van der Waals surface area contributed by atoms with E-state index in [-0.39, 0.29) is 49.4 Å². The fourth-order valence-electron chi connectivity index (χ4n) is 5.30. The number of halogens is 3. The summed E-state index contributed by atoms with van der Waals surface area (Å²) in [4.78, 5) is 54.5. The van der Waals surface area contributed by atoms with Crippen LogP contribution >= 0.6 is 0 Å². The zero-order valence-corrected chi connectivity index (χ0v) is 23.0. The Morgan fingerprint density at radius 2 is 1.88 bits per heavy atom. The maximum Gasteiger partial charge on any atom is 0.417 e. The highest BCUT2D eigenvalue weighted by molar-refractivity contribution is 6.05. The van der Waals surface area contributed by atoms with Crippen molar-refractivity contribution in [3.63, 3.8) is 0 Å². The van der Waals surface area contributed by atoms with Gasteiger partial charge in [-0.25, -0.2) is 0 Å². The standard InChI is InChI=1S/C27H35F3N4O6/c1-15(2)34(17-6-5-10-32(14-17)25(38)39)23(36)18-12-20-21(13-19(18)27(28,29)30)40-26(3,4)24(37)33(20)11-9-22(35)31-16-7-8-16/h12-13,15-17H,5-11,14H2,1-4H3,(H,31,35)(H,38,39)/p-1/t17-/m1/s1. The summed E-state index contributed by atoms with van der Waals surface area (Å²) in [5, 5.41) is 14.3. The molecule has 1 aromatic carbocycles. The van der Waals surface area contributed by atoms with E-state index in [2.05, 4.69) is 5.32 Å². The van der Waals surface area contributed by atoms with Crippen molar-refractivity contribution >= 4 is 29.5 Å². The molecule has 4 amide bonds. The van der Waals surface area contributed by atoms with Crippen molar-refractivity contribution in [2.45, 2.75) is 89.7 Å². The Labute approximate surface area is 230 Å². The smallest absolute Gasteiger partial charge is 0.417 e. The largest absolute Gasteiger partial charge is 0.530 e. The predicted molar refractivity (Wildman–Crippen MR) is 136 cm³/mol. The van der Waals surface area contributed by atoms with Gasteiger partial charge < -0.3 is 34.7 Å². The summed E-state index contributed by atoms with van der Waals surface area (Å²) in [5.41, 5.74) is -3.46. The molecule has 10 nitrogen and oxygen atoms in total. The molecule has 0 radical (unpaired) electrons. The Balaban J connectivity index is 1.75. The third kappa shape index (κ3) is 6.12. The number of nitrogens with zero attached hydrogens (tertiary/aromatic N) is 3. The number of anilines is 1. The topological polar surface area (TPSA) is 122 Å². The molecule has 3 aliphatic rings. The van der Waals surface area contributed by atoms with Crippen LogP contribution in [0.2, 0.25) is 0 Å². The number of likely N-dealkylation sites (tertiary alicyclic amines) is 1. The zero-order chi connectivity index (χ0) is 29.6.